The molecule has 2 nitrogen and oxygen atoms in total. The molecule has 1 atom stereocenters. The molecule has 0 saturated heterocycles. The summed E-state index contributed by atoms with van der Waals surface area (Å²) in [5.74, 6) is 0.963. The van der Waals surface area contributed by atoms with E-state index in [9.17, 15) is 5.11 Å². The van der Waals surface area contributed by atoms with Gasteiger partial charge >= 0.3 is 0 Å². The summed E-state index contributed by atoms with van der Waals surface area (Å²) in [5.41, 5.74) is 3.27. The Morgan fingerprint density at radius 2 is 2.38 bits per heavy atom. The van der Waals surface area contributed by atoms with Crippen molar-refractivity contribution in [2.45, 2.75) is 32.3 Å². The number of hydrogen-bond acceptors (Lipinski definition) is 2. The van der Waals surface area contributed by atoms with E-state index in [0.717, 1.165) is 36.3 Å². The second kappa shape index (κ2) is 4.71. The van der Waals surface area contributed by atoms with Crippen molar-refractivity contribution in [3.8, 4) is 5.75 Å². The van der Waals surface area contributed by atoms with Crippen molar-refractivity contribution >= 4 is 0 Å². The van der Waals surface area contributed by atoms with Crippen LogP contribution in [0.25, 0.3) is 0 Å². The van der Waals surface area contributed by atoms with Crippen molar-refractivity contribution in [3.05, 3.63) is 41.5 Å². The van der Waals surface area contributed by atoms with Crippen molar-refractivity contribution in [2.24, 2.45) is 0 Å². The number of aliphatic hydroxyl groups excluding tert-OH is 1. The van der Waals surface area contributed by atoms with Gasteiger partial charge < -0.3 is 9.84 Å². The predicted molar refractivity (Wildman–Crippen MR) is 64.6 cm³/mol. The van der Waals surface area contributed by atoms with Crippen molar-refractivity contribution < 1.29 is 9.84 Å². The third kappa shape index (κ3) is 2.27. The van der Waals surface area contributed by atoms with Crippen LogP contribution < -0.4 is 4.74 Å². The van der Waals surface area contributed by atoms with Gasteiger partial charge in [0.15, 0.2) is 0 Å². The third-order valence-corrected chi connectivity index (χ3v) is 3.08. The second-order valence-electron chi connectivity index (χ2n) is 4.29. The molecule has 16 heavy (non-hydrogen) atoms. The van der Waals surface area contributed by atoms with Crippen LogP contribution in [0.1, 0.15) is 37.0 Å². The molecule has 0 radical (unpaired) electrons. The molecule has 0 aliphatic carbocycles. The van der Waals surface area contributed by atoms with Crippen LogP contribution in [0.4, 0.5) is 0 Å². The number of rotatable bonds is 4. The number of aliphatic hydroxyl groups is 1. The van der Waals surface area contributed by atoms with Crippen LogP contribution in [0.5, 0.6) is 5.75 Å². The van der Waals surface area contributed by atoms with E-state index in [-0.39, 0.29) is 0 Å². The lowest BCUT2D eigenvalue weighted by Gasteiger charge is -2.13. The van der Waals surface area contributed by atoms with Gasteiger partial charge in [0.05, 0.1) is 12.7 Å². The third-order valence-electron chi connectivity index (χ3n) is 3.08. The minimum absolute atomic E-state index is 0.432. The summed E-state index contributed by atoms with van der Waals surface area (Å²) in [6.45, 7) is 6.75. The van der Waals surface area contributed by atoms with Crippen molar-refractivity contribution in [1.29, 1.82) is 0 Å². The SMILES string of the molecule is C=C(CC)CC(O)c1ccc2c(c1)CCO2. The number of hydrogen-bond donors (Lipinski definition) is 1. The first-order chi connectivity index (χ1) is 7.70. The normalized spacial score (nSPS) is 15.4. The molecular formula is C14H18O2. The highest BCUT2D eigenvalue weighted by atomic mass is 16.5. The van der Waals surface area contributed by atoms with Crippen LogP contribution in [0, 0.1) is 0 Å². The van der Waals surface area contributed by atoms with E-state index in [1.54, 1.807) is 0 Å². The molecule has 2 heteroatoms. The molecule has 0 aromatic heterocycles. The second-order valence-corrected chi connectivity index (χ2v) is 4.29. The maximum Gasteiger partial charge on any atom is 0.122 e. The largest absolute Gasteiger partial charge is 0.493 e. The molecule has 0 fully saturated rings. The van der Waals surface area contributed by atoms with Gasteiger partial charge in [0.2, 0.25) is 0 Å². The Labute approximate surface area is 96.6 Å². The summed E-state index contributed by atoms with van der Waals surface area (Å²) < 4.78 is 5.44. The van der Waals surface area contributed by atoms with Gasteiger partial charge in [0, 0.05) is 6.42 Å². The van der Waals surface area contributed by atoms with Gasteiger partial charge in [0.25, 0.3) is 0 Å². The van der Waals surface area contributed by atoms with Crippen LogP contribution in [0.2, 0.25) is 0 Å². The average molecular weight is 218 g/mol. The standard InChI is InChI=1S/C14H18O2/c1-3-10(2)8-13(15)11-4-5-14-12(9-11)6-7-16-14/h4-5,9,13,15H,2-3,6-8H2,1H3. The Morgan fingerprint density at radius 3 is 3.12 bits per heavy atom. The predicted octanol–water partition coefficient (Wildman–Crippen LogP) is 3.01. The monoisotopic (exact) mass is 218 g/mol. The van der Waals surface area contributed by atoms with Gasteiger partial charge in [-0.1, -0.05) is 25.1 Å². The molecule has 1 aromatic rings. The van der Waals surface area contributed by atoms with Crippen molar-refractivity contribution in [2.75, 3.05) is 6.61 Å². The lowest BCUT2D eigenvalue weighted by Crippen LogP contribution is -1.99. The van der Waals surface area contributed by atoms with Crippen LogP contribution in [0.3, 0.4) is 0 Å². The minimum atomic E-state index is -0.432. The average Bonchev–Trinajstić information content (AvgIpc) is 2.75. The smallest absolute Gasteiger partial charge is 0.122 e. The van der Waals surface area contributed by atoms with Crippen molar-refractivity contribution in [3.63, 3.8) is 0 Å². The quantitative estimate of drug-likeness (QED) is 0.787. The summed E-state index contributed by atoms with van der Waals surface area (Å²) >= 11 is 0. The first-order valence-corrected chi connectivity index (χ1v) is 5.81. The highest BCUT2D eigenvalue weighted by molar-refractivity contribution is 5.40. The molecule has 1 aliphatic heterocycles. The maximum absolute atomic E-state index is 10.1. The molecule has 1 N–H and O–H groups in total. The Morgan fingerprint density at radius 1 is 1.56 bits per heavy atom. The highest BCUT2D eigenvalue weighted by Gasteiger charge is 2.15. The Bertz CT molecular complexity index is 396. The maximum atomic E-state index is 10.1. The first kappa shape index (κ1) is 11.2. The molecule has 86 valence electrons. The summed E-state index contributed by atoms with van der Waals surface area (Å²) in [6.07, 6.45) is 2.09. The topological polar surface area (TPSA) is 29.5 Å². The van der Waals surface area contributed by atoms with Gasteiger partial charge in [-0.3, -0.25) is 0 Å². The molecule has 1 aliphatic rings. The minimum Gasteiger partial charge on any atom is -0.493 e. The number of ether oxygens (including phenoxy) is 1. The van der Waals surface area contributed by atoms with E-state index >= 15 is 0 Å². The van der Waals surface area contributed by atoms with Gasteiger partial charge in [-0.25, -0.2) is 0 Å². The number of fused-ring (bicyclic) bond motifs is 1. The van der Waals surface area contributed by atoms with Crippen LogP contribution in [0.15, 0.2) is 30.4 Å². The molecule has 1 aromatic carbocycles. The van der Waals surface area contributed by atoms with E-state index in [1.807, 2.05) is 12.1 Å². The summed E-state index contributed by atoms with van der Waals surface area (Å²) in [4.78, 5) is 0. The molecular weight excluding hydrogens is 200 g/mol. The zero-order valence-electron chi connectivity index (χ0n) is 9.70. The van der Waals surface area contributed by atoms with Gasteiger partial charge in [-0.15, -0.1) is 0 Å². The fraction of sp³-hybridized carbons (Fsp3) is 0.429. The van der Waals surface area contributed by atoms with E-state index in [2.05, 4.69) is 19.6 Å². The van der Waals surface area contributed by atoms with Gasteiger partial charge in [-0.05, 0) is 36.1 Å². The molecule has 1 heterocycles. The van der Waals surface area contributed by atoms with Crippen LogP contribution in [-0.2, 0) is 6.42 Å². The summed E-state index contributed by atoms with van der Waals surface area (Å²) in [6, 6.07) is 5.95. The molecule has 0 amide bonds. The zero-order valence-corrected chi connectivity index (χ0v) is 9.70. The fourth-order valence-corrected chi connectivity index (χ4v) is 1.95. The Kier molecular flexibility index (Phi) is 3.30. The molecule has 0 saturated carbocycles. The van der Waals surface area contributed by atoms with Gasteiger partial charge in [0.1, 0.15) is 5.75 Å². The Hall–Kier alpha value is -1.28. The summed E-state index contributed by atoms with van der Waals surface area (Å²) in [5, 5.41) is 10.1. The fourth-order valence-electron chi connectivity index (χ4n) is 1.95. The molecule has 1 unspecified atom stereocenters. The van der Waals surface area contributed by atoms with Gasteiger partial charge in [-0.2, -0.15) is 0 Å². The van der Waals surface area contributed by atoms with E-state index in [4.69, 9.17) is 4.74 Å². The molecule has 2 rings (SSSR count). The molecule has 0 spiro atoms. The first-order valence-electron chi connectivity index (χ1n) is 5.81. The Balaban J connectivity index is 2.12. The molecule has 0 bridgehead atoms. The van der Waals surface area contributed by atoms with Crippen LogP contribution in [-0.4, -0.2) is 11.7 Å². The highest BCUT2D eigenvalue weighted by Crippen LogP contribution is 2.30. The van der Waals surface area contributed by atoms with Crippen LogP contribution >= 0.6 is 0 Å². The lowest BCUT2D eigenvalue weighted by molar-refractivity contribution is 0.177. The zero-order chi connectivity index (χ0) is 11.5. The number of benzene rings is 1. The van der Waals surface area contributed by atoms with E-state index in [1.165, 1.54) is 5.56 Å². The van der Waals surface area contributed by atoms with Crippen molar-refractivity contribution in [1.82, 2.24) is 0 Å². The summed E-state index contributed by atoms with van der Waals surface area (Å²) in [7, 11) is 0. The lowest BCUT2D eigenvalue weighted by atomic mass is 9.99. The van der Waals surface area contributed by atoms with E-state index < -0.39 is 6.10 Å². The van der Waals surface area contributed by atoms with E-state index in [0.29, 0.717) is 6.42 Å².